The van der Waals surface area contributed by atoms with Gasteiger partial charge in [-0.25, -0.2) is 4.79 Å². The SMILES string of the molecule is CC#CC1(O)[C@@H](O)[C@@H]([C@@H](C)O)O[C@H]1n1c(C)cc(=O)[nH]c1=O. The molecular weight excluding hydrogens is 292 g/mol. The van der Waals surface area contributed by atoms with Gasteiger partial charge in [0.05, 0.1) is 6.10 Å². The fourth-order valence-electron chi connectivity index (χ4n) is 2.61. The summed E-state index contributed by atoms with van der Waals surface area (Å²) in [5, 5.41) is 30.6. The number of aromatic nitrogens is 2. The van der Waals surface area contributed by atoms with Gasteiger partial charge in [0.1, 0.15) is 12.2 Å². The number of aromatic amines is 1. The maximum atomic E-state index is 12.0. The van der Waals surface area contributed by atoms with Crippen molar-refractivity contribution in [2.24, 2.45) is 0 Å². The lowest BCUT2D eigenvalue weighted by Gasteiger charge is -2.27. The van der Waals surface area contributed by atoms with Gasteiger partial charge in [-0.1, -0.05) is 5.92 Å². The number of H-pyrrole nitrogens is 1. The van der Waals surface area contributed by atoms with E-state index in [2.05, 4.69) is 16.8 Å². The summed E-state index contributed by atoms with van der Waals surface area (Å²) in [7, 11) is 0. The zero-order valence-corrected chi connectivity index (χ0v) is 12.4. The van der Waals surface area contributed by atoms with Gasteiger partial charge < -0.3 is 20.1 Å². The molecule has 1 unspecified atom stereocenters. The van der Waals surface area contributed by atoms with E-state index in [1.807, 2.05) is 0 Å². The van der Waals surface area contributed by atoms with Crippen LogP contribution in [0.25, 0.3) is 0 Å². The molecule has 1 aromatic heterocycles. The van der Waals surface area contributed by atoms with Crippen LogP contribution in [0.4, 0.5) is 0 Å². The van der Waals surface area contributed by atoms with Crippen LogP contribution in [-0.4, -0.2) is 48.8 Å². The van der Waals surface area contributed by atoms with Crippen molar-refractivity contribution >= 4 is 0 Å². The number of aryl methyl sites for hydroxylation is 1. The van der Waals surface area contributed by atoms with Gasteiger partial charge in [-0.2, -0.15) is 0 Å². The highest BCUT2D eigenvalue weighted by molar-refractivity contribution is 5.23. The van der Waals surface area contributed by atoms with Gasteiger partial charge >= 0.3 is 5.69 Å². The van der Waals surface area contributed by atoms with E-state index >= 15 is 0 Å². The van der Waals surface area contributed by atoms with Gasteiger partial charge in [-0.05, 0) is 20.8 Å². The number of nitrogens with zero attached hydrogens (tertiary/aromatic N) is 1. The van der Waals surface area contributed by atoms with Crippen molar-refractivity contribution < 1.29 is 20.1 Å². The maximum Gasteiger partial charge on any atom is 0.330 e. The lowest BCUT2D eigenvalue weighted by Crippen LogP contribution is -2.49. The standard InChI is InChI=1S/C14H18N2O6/c1-4-5-14(21)11(19)10(8(3)17)22-12(14)16-7(2)6-9(18)15-13(16)20/h6,8,10-12,17,19,21H,1-3H3,(H,15,18,20)/t8-,10-,11+,12-,14?/m1/s1. The Morgan fingerprint density at radius 1 is 1.50 bits per heavy atom. The molecule has 0 amide bonds. The number of ether oxygens (including phenoxy) is 1. The minimum absolute atomic E-state index is 0.230. The topological polar surface area (TPSA) is 125 Å². The van der Waals surface area contributed by atoms with Gasteiger partial charge in [0.25, 0.3) is 5.56 Å². The van der Waals surface area contributed by atoms with Gasteiger partial charge in [0.2, 0.25) is 0 Å². The molecule has 1 aliphatic heterocycles. The zero-order chi connectivity index (χ0) is 16.7. The Labute approximate surface area is 126 Å². The Morgan fingerprint density at radius 2 is 2.14 bits per heavy atom. The molecule has 0 bridgehead atoms. The van der Waals surface area contributed by atoms with E-state index in [-0.39, 0.29) is 5.69 Å². The average molecular weight is 310 g/mol. The van der Waals surface area contributed by atoms with E-state index in [9.17, 15) is 24.9 Å². The van der Waals surface area contributed by atoms with Gasteiger partial charge in [-0.15, -0.1) is 5.92 Å². The number of hydrogen-bond donors (Lipinski definition) is 4. The summed E-state index contributed by atoms with van der Waals surface area (Å²) in [6, 6.07) is 1.16. The normalized spacial score (nSPS) is 32.4. The quantitative estimate of drug-likeness (QED) is 0.480. The number of nitrogens with one attached hydrogen (secondary N) is 1. The van der Waals surface area contributed by atoms with Crippen LogP contribution in [-0.2, 0) is 4.74 Å². The molecule has 1 saturated heterocycles. The number of aliphatic hydroxyl groups is 3. The predicted molar refractivity (Wildman–Crippen MR) is 76.1 cm³/mol. The van der Waals surface area contributed by atoms with Crippen molar-refractivity contribution in [3.8, 4) is 11.8 Å². The van der Waals surface area contributed by atoms with Crippen LogP contribution in [0.2, 0.25) is 0 Å². The van der Waals surface area contributed by atoms with Gasteiger partial charge in [-0.3, -0.25) is 14.3 Å². The minimum atomic E-state index is -2.09. The first-order valence-corrected chi connectivity index (χ1v) is 6.72. The third kappa shape index (κ3) is 2.48. The zero-order valence-electron chi connectivity index (χ0n) is 12.4. The molecule has 0 radical (unpaired) electrons. The first kappa shape index (κ1) is 16.5. The second-order valence-corrected chi connectivity index (χ2v) is 5.29. The van der Waals surface area contributed by atoms with Gasteiger partial charge in [0.15, 0.2) is 11.8 Å². The molecule has 8 heteroatoms. The Morgan fingerprint density at radius 3 is 2.64 bits per heavy atom. The highest BCUT2D eigenvalue weighted by Crippen LogP contribution is 2.39. The summed E-state index contributed by atoms with van der Waals surface area (Å²) in [5.41, 5.74) is -3.25. The van der Waals surface area contributed by atoms with Crippen molar-refractivity contribution in [2.45, 2.75) is 50.9 Å². The molecule has 0 saturated carbocycles. The summed E-state index contributed by atoms with van der Waals surface area (Å²) in [6.45, 7) is 4.33. The Kier molecular flexibility index (Phi) is 4.26. The van der Waals surface area contributed by atoms with Crippen molar-refractivity contribution in [3.63, 3.8) is 0 Å². The summed E-state index contributed by atoms with van der Waals surface area (Å²) in [4.78, 5) is 25.4. The summed E-state index contributed by atoms with van der Waals surface area (Å²) >= 11 is 0. The molecule has 0 spiro atoms. The first-order valence-electron chi connectivity index (χ1n) is 6.72. The van der Waals surface area contributed by atoms with Crippen LogP contribution < -0.4 is 11.2 Å². The van der Waals surface area contributed by atoms with E-state index in [0.717, 1.165) is 10.6 Å². The second-order valence-electron chi connectivity index (χ2n) is 5.29. The monoisotopic (exact) mass is 310 g/mol. The molecule has 120 valence electrons. The smallest absolute Gasteiger partial charge is 0.330 e. The molecule has 1 aliphatic rings. The van der Waals surface area contributed by atoms with E-state index in [4.69, 9.17) is 4.74 Å². The molecule has 1 fully saturated rings. The molecule has 5 atom stereocenters. The number of rotatable bonds is 2. The van der Waals surface area contributed by atoms with E-state index in [0.29, 0.717) is 0 Å². The minimum Gasteiger partial charge on any atom is -0.391 e. The van der Waals surface area contributed by atoms with Crippen molar-refractivity contribution in [3.05, 3.63) is 32.6 Å². The summed E-state index contributed by atoms with van der Waals surface area (Å²) in [5.74, 6) is 4.92. The molecule has 0 aliphatic carbocycles. The first-order chi connectivity index (χ1) is 10.2. The van der Waals surface area contributed by atoms with Crippen molar-refractivity contribution in [2.75, 3.05) is 0 Å². The Hall–Kier alpha value is -1.92. The maximum absolute atomic E-state index is 12.0. The van der Waals surface area contributed by atoms with E-state index in [1.54, 1.807) is 0 Å². The molecule has 2 rings (SSSR count). The molecule has 0 aromatic carbocycles. The van der Waals surface area contributed by atoms with Crippen LogP contribution in [0.5, 0.6) is 0 Å². The molecule has 4 N–H and O–H groups in total. The largest absolute Gasteiger partial charge is 0.391 e. The van der Waals surface area contributed by atoms with Crippen LogP contribution in [0, 0.1) is 18.8 Å². The molecule has 2 heterocycles. The van der Waals surface area contributed by atoms with Crippen molar-refractivity contribution in [1.29, 1.82) is 0 Å². The lowest BCUT2D eigenvalue weighted by molar-refractivity contribution is -0.0892. The van der Waals surface area contributed by atoms with Gasteiger partial charge in [0, 0.05) is 11.8 Å². The van der Waals surface area contributed by atoms with Crippen LogP contribution in [0.3, 0.4) is 0 Å². The molecule has 1 aromatic rings. The highest BCUT2D eigenvalue weighted by Gasteiger charge is 2.57. The summed E-state index contributed by atoms with van der Waals surface area (Å²) in [6.07, 6.45) is -5.11. The molecule has 22 heavy (non-hydrogen) atoms. The Balaban J connectivity index is 2.64. The fraction of sp³-hybridized carbons (Fsp3) is 0.571. The van der Waals surface area contributed by atoms with Crippen LogP contribution >= 0.6 is 0 Å². The number of aliphatic hydroxyl groups excluding tert-OH is 2. The summed E-state index contributed by atoms with van der Waals surface area (Å²) < 4.78 is 6.48. The molecular formula is C14H18N2O6. The third-order valence-electron chi connectivity index (χ3n) is 3.63. The van der Waals surface area contributed by atoms with E-state index in [1.165, 1.54) is 20.8 Å². The van der Waals surface area contributed by atoms with Crippen LogP contribution in [0.15, 0.2) is 15.7 Å². The lowest BCUT2D eigenvalue weighted by atomic mass is 9.92. The number of hydrogen-bond acceptors (Lipinski definition) is 6. The van der Waals surface area contributed by atoms with Crippen LogP contribution in [0.1, 0.15) is 25.8 Å². The Bertz CT molecular complexity index is 740. The second kappa shape index (κ2) is 5.70. The third-order valence-corrected chi connectivity index (χ3v) is 3.63. The predicted octanol–water partition coefficient (Wildman–Crippen LogP) is -1.76. The van der Waals surface area contributed by atoms with Crippen molar-refractivity contribution in [1.82, 2.24) is 9.55 Å². The fourth-order valence-corrected chi connectivity index (χ4v) is 2.61. The highest BCUT2D eigenvalue weighted by atomic mass is 16.6. The average Bonchev–Trinajstić information content (AvgIpc) is 2.63. The molecule has 8 nitrogen and oxygen atoms in total. The van der Waals surface area contributed by atoms with E-state index < -0.39 is 41.4 Å².